The van der Waals surface area contributed by atoms with Crippen molar-refractivity contribution in [1.29, 1.82) is 0 Å². The molecule has 2 heterocycles. The van der Waals surface area contributed by atoms with Crippen LogP contribution in [0.1, 0.15) is 26.3 Å². The van der Waals surface area contributed by atoms with Crippen molar-refractivity contribution in [2.75, 3.05) is 13.7 Å². The zero-order valence-corrected chi connectivity index (χ0v) is 24.5. The molecule has 9 heteroatoms. The van der Waals surface area contributed by atoms with Gasteiger partial charge in [0.25, 0.3) is 5.56 Å². The molecule has 0 spiro atoms. The molecule has 0 fully saturated rings. The molecule has 0 unspecified atom stereocenters. The molecule has 0 amide bonds. The van der Waals surface area contributed by atoms with E-state index < -0.39 is 0 Å². The van der Waals surface area contributed by atoms with Gasteiger partial charge in [-0.05, 0) is 85.3 Å². The molecule has 0 bridgehead atoms. The van der Waals surface area contributed by atoms with Crippen molar-refractivity contribution in [3.8, 4) is 23.1 Å². The predicted molar refractivity (Wildman–Crippen MR) is 158 cm³/mol. The molecule has 5 aromatic rings. The van der Waals surface area contributed by atoms with Crippen molar-refractivity contribution in [3.63, 3.8) is 0 Å². The summed E-state index contributed by atoms with van der Waals surface area (Å²) in [5.41, 5.74) is 1.63. The van der Waals surface area contributed by atoms with E-state index in [1.54, 1.807) is 31.5 Å². The maximum absolute atomic E-state index is 13.6. The van der Waals surface area contributed by atoms with Crippen molar-refractivity contribution in [1.82, 2.24) is 9.66 Å². The fourth-order valence-electron chi connectivity index (χ4n) is 3.92. The fourth-order valence-corrected chi connectivity index (χ4v) is 5.37. The molecule has 0 saturated heterocycles. The third kappa shape index (κ3) is 5.26. The number of benzene rings is 3. The van der Waals surface area contributed by atoms with Crippen LogP contribution in [-0.2, 0) is 0 Å². The highest BCUT2D eigenvalue weighted by Crippen LogP contribution is 2.36. The van der Waals surface area contributed by atoms with Gasteiger partial charge < -0.3 is 13.9 Å². The number of hydrogen-bond donors (Lipinski definition) is 0. The van der Waals surface area contributed by atoms with Crippen LogP contribution in [0.4, 0.5) is 0 Å². The van der Waals surface area contributed by atoms with E-state index in [0.29, 0.717) is 40.4 Å². The lowest BCUT2D eigenvalue weighted by molar-refractivity contribution is 0.196. The number of rotatable bonds is 6. The molecular weight excluding hydrogens is 614 g/mol. The highest BCUT2D eigenvalue weighted by atomic mass is 79.9. The van der Waals surface area contributed by atoms with Crippen molar-refractivity contribution >= 4 is 59.9 Å². The first-order valence-corrected chi connectivity index (χ1v) is 13.5. The number of hydrogen-bond acceptors (Lipinski definition) is 6. The summed E-state index contributed by atoms with van der Waals surface area (Å²) in [5.74, 6) is 2.06. The second kappa shape index (κ2) is 10.4. The minimum absolute atomic E-state index is 0.0142. The number of para-hydroxylation sites is 1. The zero-order valence-electron chi connectivity index (χ0n) is 21.3. The molecule has 0 atom stereocenters. The van der Waals surface area contributed by atoms with Gasteiger partial charge in [0, 0.05) is 0 Å². The normalized spacial score (nSPS) is 12.1. The standard InChI is InChI=1S/C29H25Br2N3O4/c1-29(2,3)16-37-26-20(30)12-17(13-21(26)31)15-32-34-27(33-22-9-6-5-8-18(22)28(34)35)25-14-19-23(36-4)10-7-11-24(19)38-25/h5-15H,16H2,1-4H3. The van der Waals surface area contributed by atoms with E-state index in [0.717, 1.165) is 19.9 Å². The number of furan rings is 1. The van der Waals surface area contributed by atoms with Gasteiger partial charge in [-0.2, -0.15) is 9.78 Å². The highest BCUT2D eigenvalue weighted by molar-refractivity contribution is 9.11. The van der Waals surface area contributed by atoms with E-state index in [9.17, 15) is 4.79 Å². The van der Waals surface area contributed by atoms with Gasteiger partial charge >= 0.3 is 0 Å². The SMILES string of the molecule is COc1cccc2oc(-c3nc4ccccc4c(=O)n3N=Cc3cc(Br)c(OCC(C)(C)C)c(Br)c3)cc12. The quantitative estimate of drug-likeness (QED) is 0.179. The van der Waals surface area contributed by atoms with Crippen LogP contribution >= 0.6 is 31.9 Å². The zero-order chi connectivity index (χ0) is 27.0. The summed E-state index contributed by atoms with van der Waals surface area (Å²) >= 11 is 7.20. The van der Waals surface area contributed by atoms with E-state index in [1.165, 1.54) is 4.68 Å². The molecule has 5 rings (SSSR count). The maximum atomic E-state index is 13.6. The minimum atomic E-state index is -0.308. The molecule has 0 aliphatic rings. The van der Waals surface area contributed by atoms with Crippen LogP contribution in [0.3, 0.4) is 0 Å². The van der Waals surface area contributed by atoms with Crippen LogP contribution in [0.5, 0.6) is 11.5 Å². The molecule has 3 aromatic carbocycles. The summed E-state index contributed by atoms with van der Waals surface area (Å²) in [4.78, 5) is 18.3. The Morgan fingerprint density at radius 1 is 1.03 bits per heavy atom. The van der Waals surface area contributed by atoms with E-state index in [2.05, 4.69) is 57.7 Å². The number of methoxy groups -OCH3 is 1. The van der Waals surface area contributed by atoms with Gasteiger partial charge in [0.05, 0.1) is 45.2 Å². The van der Waals surface area contributed by atoms with Gasteiger partial charge in [-0.25, -0.2) is 4.98 Å². The molecule has 38 heavy (non-hydrogen) atoms. The number of halogens is 2. The lowest BCUT2D eigenvalue weighted by Gasteiger charge is -2.20. The van der Waals surface area contributed by atoms with Crippen LogP contribution < -0.4 is 15.0 Å². The Hall–Kier alpha value is -3.43. The van der Waals surface area contributed by atoms with Crippen LogP contribution in [0.25, 0.3) is 33.5 Å². The van der Waals surface area contributed by atoms with Crippen LogP contribution in [-0.4, -0.2) is 29.6 Å². The Bertz CT molecular complexity index is 1730. The molecule has 7 nitrogen and oxygen atoms in total. The van der Waals surface area contributed by atoms with Crippen LogP contribution in [0.2, 0.25) is 0 Å². The lowest BCUT2D eigenvalue weighted by Crippen LogP contribution is -2.20. The summed E-state index contributed by atoms with van der Waals surface area (Å²) in [7, 11) is 1.60. The molecular formula is C29H25Br2N3O4. The van der Waals surface area contributed by atoms with E-state index in [-0.39, 0.29) is 16.8 Å². The molecule has 0 N–H and O–H groups in total. The summed E-state index contributed by atoms with van der Waals surface area (Å²) < 4.78 is 20.4. The largest absolute Gasteiger partial charge is 0.496 e. The van der Waals surface area contributed by atoms with Crippen molar-refractivity contribution < 1.29 is 13.9 Å². The van der Waals surface area contributed by atoms with E-state index >= 15 is 0 Å². The number of nitrogens with zero attached hydrogens (tertiary/aromatic N) is 3. The summed E-state index contributed by atoms with van der Waals surface area (Å²) in [6.45, 7) is 6.89. The molecule has 194 valence electrons. The van der Waals surface area contributed by atoms with Gasteiger partial charge in [-0.3, -0.25) is 4.79 Å². The van der Waals surface area contributed by atoms with Crippen molar-refractivity contribution in [2.45, 2.75) is 20.8 Å². The molecule has 0 saturated carbocycles. The van der Waals surface area contributed by atoms with Gasteiger partial charge in [0.15, 0.2) is 5.76 Å². The third-order valence-electron chi connectivity index (χ3n) is 5.71. The Morgan fingerprint density at radius 2 is 1.76 bits per heavy atom. The van der Waals surface area contributed by atoms with Gasteiger partial charge in [0.2, 0.25) is 5.82 Å². The highest BCUT2D eigenvalue weighted by Gasteiger charge is 2.18. The number of aromatic nitrogens is 2. The Kier molecular flexibility index (Phi) is 7.15. The summed E-state index contributed by atoms with van der Waals surface area (Å²) in [5, 5.41) is 5.79. The first-order chi connectivity index (χ1) is 18.1. The Balaban J connectivity index is 1.61. The van der Waals surface area contributed by atoms with Crippen LogP contribution in [0, 0.1) is 5.41 Å². The lowest BCUT2D eigenvalue weighted by atomic mass is 9.99. The Morgan fingerprint density at radius 3 is 2.47 bits per heavy atom. The number of fused-ring (bicyclic) bond motifs is 2. The van der Waals surface area contributed by atoms with Crippen molar-refractivity contribution in [3.05, 3.63) is 85.5 Å². The van der Waals surface area contributed by atoms with E-state index in [4.69, 9.17) is 18.9 Å². The molecule has 0 aliphatic heterocycles. The third-order valence-corrected chi connectivity index (χ3v) is 6.89. The second-order valence-electron chi connectivity index (χ2n) is 9.96. The predicted octanol–water partition coefficient (Wildman–Crippen LogP) is 7.65. The summed E-state index contributed by atoms with van der Waals surface area (Å²) in [6.07, 6.45) is 1.60. The minimum Gasteiger partial charge on any atom is -0.496 e. The van der Waals surface area contributed by atoms with Gasteiger partial charge in [-0.1, -0.05) is 39.0 Å². The first-order valence-electron chi connectivity index (χ1n) is 11.9. The van der Waals surface area contributed by atoms with Crippen molar-refractivity contribution in [2.24, 2.45) is 10.5 Å². The molecule has 0 radical (unpaired) electrons. The second-order valence-corrected chi connectivity index (χ2v) is 11.7. The van der Waals surface area contributed by atoms with E-state index in [1.807, 2.05) is 42.5 Å². The maximum Gasteiger partial charge on any atom is 0.282 e. The number of ether oxygens (including phenoxy) is 2. The molecule has 0 aliphatic carbocycles. The average molecular weight is 639 g/mol. The monoisotopic (exact) mass is 637 g/mol. The average Bonchev–Trinajstić information content (AvgIpc) is 3.31. The topological polar surface area (TPSA) is 78.9 Å². The van der Waals surface area contributed by atoms with Gasteiger partial charge in [0.1, 0.15) is 17.1 Å². The molecule has 2 aromatic heterocycles. The van der Waals surface area contributed by atoms with Crippen LogP contribution in [0.15, 0.2) is 83.9 Å². The fraction of sp³-hybridized carbons (Fsp3) is 0.207. The smallest absolute Gasteiger partial charge is 0.282 e. The first kappa shape index (κ1) is 26.2. The van der Waals surface area contributed by atoms with Gasteiger partial charge in [-0.15, -0.1) is 0 Å². The summed E-state index contributed by atoms with van der Waals surface area (Å²) in [6, 6.07) is 18.3. The Labute approximate surface area is 236 Å².